The van der Waals surface area contributed by atoms with Gasteiger partial charge in [-0.05, 0) is 18.4 Å². The first-order chi connectivity index (χ1) is 11.6. The second-order valence-electron chi connectivity index (χ2n) is 6.25. The van der Waals surface area contributed by atoms with Gasteiger partial charge in [-0.15, -0.1) is 0 Å². The van der Waals surface area contributed by atoms with Gasteiger partial charge in [-0.25, -0.2) is 4.79 Å². The zero-order valence-electron chi connectivity index (χ0n) is 14.1. The number of hydrogen-bond acceptors (Lipinski definition) is 4. The number of Topliss-reactive ketones (excluding diaryl/α,β-unsaturated/α-hetero) is 1. The van der Waals surface area contributed by atoms with Gasteiger partial charge in [-0.3, -0.25) is 4.79 Å². The van der Waals surface area contributed by atoms with Crippen molar-refractivity contribution in [3.8, 4) is 6.07 Å². The molecular weight excluding hydrogens is 302 g/mol. The molecule has 0 fully saturated rings. The molecule has 0 heterocycles. The predicted molar refractivity (Wildman–Crippen MR) is 90.8 cm³/mol. The maximum atomic E-state index is 12.4. The molecule has 0 bridgehead atoms. The molecule has 0 saturated carbocycles. The van der Waals surface area contributed by atoms with Crippen LogP contribution in [0.3, 0.4) is 0 Å². The molecule has 126 valence electrons. The number of carbonyl (C=O) groups is 2. The number of ketones is 1. The Kier molecular flexibility index (Phi) is 6.31. The third-order valence-electron chi connectivity index (χ3n) is 4.42. The van der Waals surface area contributed by atoms with Crippen molar-refractivity contribution in [1.82, 2.24) is 0 Å². The van der Waals surface area contributed by atoms with Crippen molar-refractivity contribution >= 4 is 11.8 Å². The SMILES string of the molecule is CCCCCC(=O)C1(C#N)CC=C(C(=O)OCc2ccccc2)C1. The Morgan fingerprint density at radius 1 is 1.25 bits per heavy atom. The summed E-state index contributed by atoms with van der Waals surface area (Å²) in [6, 6.07) is 11.6. The van der Waals surface area contributed by atoms with E-state index in [1.807, 2.05) is 30.3 Å². The van der Waals surface area contributed by atoms with Gasteiger partial charge in [0.25, 0.3) is 0 Å². The number of allylic oxidation sites excluding steroid dienone is 1. The number of unbranched alkanes of at least 4 members (excludes halogenated alkanes) is 2. The van der Waals surface area contributed by atoms with Gasteiger partial charge in [0.05, 0.1) is 6.07 Å². The molecule has 0 N–H and O–H groups in total. The van der Waals surface area contributed by atoms with Gasteiger partial charge in [-0.1, -0.05) is 56.2 Å². The lowest BCUT2D eigenvalue weighted by Gasteiger charge is -2.19. The first kappa shape index (κ1) is 17.9. The van der Waals surface area contributed by atoms with E-state index in [2.05, 4.69) is 13.0 Å². The number of rotatable bonds is 8. The minimum atomic E-state index is -1.07. The van der Waals surface area contributed by atoms with Crippen molar-refractivity contribution in [1.29, 1.82) is 5.26 Å². The van der Waals surface area contributed by atoms with Crippen LogP contribution >= 0.6 is 0 Å². The molecule has 4 heteroatoms. The van der Waals surface area contributed by atoms with Gasteiger partial charge < -0.3 is 4.74 Å². The Balaban J connectivity index is 1.90. The number of hydrogen-bond donors (Lipinski definition) is 0. The summed E-state index contributed by atoms with van der Waals surface area (Å²) < 4.78 is 5.30. The first-order valence-corrected chi connectivity index (χ1v) is 8.46. The summed E-state index contributed by atoms with van der Waals surface area (Å²) in [5.41, 5.74) is 0.275. The average Bonchev–Trinajstić information content (AvgIpc) is 3.07. The van der Waals surface area contributed by atoms with Gasteiger partial charge in [0.15, 0.2) is 5.78 Å². The van der Waals surface area contributed by atoms with Crippen LogP contribution in [0.2, 0.25) is 0 Å². The molecule has 0 aromatic heterocycles. The molecule has 1 aromatic carbocycles. The van der Waals surface area contributed by atoms with Crippen LogP contribution in [0.4, 0.5) is 0 Å². The van der Waals surface area contributed by atoms with Gasteiger partial charge >= 0.3 is 5.97 Å². The molecule has 1 aliphatic carbocycles. The lowest BCUT2D eigenvalue weighted by atomic mass is 9.79. The molecule has 1 aromatic rings. The Morgan fingerprint density at radius 3 is 2.67 bits per heavy atom. The van der Waals surface area contributed by atoms with Crippen molar-refractivity contribution in [3.63, 3.8) is 0 Å². The van der Waals surface area contributed by atoms with Crippen molar-refractivity contribution in [2.45, 2.75) is 52.1 Å². The largest absolute Gasteiger partial charge is 0.457 e. The highest BCUT2D eigenvalue weighted by Gasteiger charge is 2.43. The van der Waals surface area contributed by atoms with Crippen LogP contribution in [0.5, 0.6) is 0 Å². The molecule has 0 amide bonds. The number of nitriles is 1. The zero-order valence-corrected chi connectivity index (χ0v) is 14.1. The fourth-order valence-electron chi connectivity index (χ4n) is 2.87. The molecule has 24 heavy (non-hydrogen) atoms. The molecule has 1 unspecified atom stereocenters. The third kappa shape index (κ3) is 4.32. The van der Waals surface area contributed by atoms with Gasteiger partial charge in [-0.2, -0.15) is 5.26 Å². The van der Waals surface area contributed by atoms with Crippen LogP contribution in [0.15, 0.2) is 42.0 Å². The van der Waals surface area contributed by atoms with Gasteiger partial charge in [0.2, 0.25) is 0 Å². The summed E-state index contributed by atoms with van der Waals surface area (Å²) in [6.45, 7) is 2.27. The highest BCUT2D eigenvalue weighted by atomic mass is 16.5. The quantitative estimate of drug-likeness (QED) is 0.533. The smallest absolute Gasteiger partial charge is 0.334 e. The highest BCUT2D eigenvalue weighted by Crippen LogP contribution is 2.39. The molecule has 1 atom stereocenters. The van der Waals surface area contributed by atoms with Crippen molar-refractivity contribution in [2.75, 3.05) is 0 Å². The van der Waals surface area contributed by atoms with E-state index >= 15 is 0 Å². The molecule has 2 rings (SSSR count). The average molecular weight is 325 g/mol. The topological polar surface area (TPSA) is 67.2 Å². The van der Waals surface area contributed by atoms with E-state index in [9.17, 15) is 14.9 Å². The van der Waals surface area contributed by atoms with E-state index in [1.54, 1.807) is 6.08 Å². The molecule has 1 aliphatic rings. The standard InChI is InChI=1S/C20H23NO3/c1-2-3-5-10-18(22)20(15-21)12-11-17(13-20)19(23)24-14-16-8-6-4-7-9-16/h4,6-9,11H,2-3,5,10,12-14H2,1H3. The number of carbonyl (C=O) groups excluding carboxylic acids is 2. The van der Waals surface area contributed by atoms with Crippen LogP contribution in [0, 0.1) is 16.7 Å². The maximum absolute atomic E-state index is 12.4. The second-order valence-corrected chi connectivity index (χ2v) is 6.25. The van der Waals surface area contributed by atoms with Gasteiger partial charge in [0.1, 0.15) is 12.0 Å². The summed E-state index contributed by atoms with van der Waals surface area (Å²) in [5.74, 6) is -0.488. The molecule has 0 saturated heterocycles. The Hall–Kier alpha value is -2.41. The minimum Gasteiger partial charge on any atom is -0.457 e. The van der Waals surface area contributed by atoms with E-state index in [1.165, 1.54) is 0 Å². The summed E-state index contributed by atoms with van der Waals surface area (Å²) in [6.07, 6.45) is 5.38. The third-order valence-corrected chi connectivity index (χ3v) is 4.42. The predicted octanol–water partition coefficient (Wildman–Crippen LogP) is 4.11. The monoisotopic (exact) mass is 325 g/mol. The summed E-state index contributed by atoms with van der Waals surface area (Å²) in [7, 11) is 0. The van der Waals surface area contributed by atoms with Crippen molar-refractivity contribution in [2.24, 2.45) is 5.41 Å². The number of nitrogens with zero attached hydrogens (tertiary/aromatic N) is 1. The van der Waals surface area contributed by atoms with Crippen LogP contribution in [-0.4, -0.2) is 11.8 Å². The summed E-state index contributed by atoms with van der Waals surface area (Å²) in [4.78, 5) is 24.6. The Morgan fingerprint density at radius 2 is 2.00 bits per heavy atom. The fourth-order valence-corrected chi connectivity index (χ4v) is 2.87. The first-order valence-electron chi connectivity index (χ1n) is 8.46. The van der Waals surface area contributed by atoms with E-state index in [-0.39, 0.29) is 18.8 Å². The van der Waals surface area contributed by atoms with E-state index in [0.717, 1.165) is 24.8 Å². The zero-order chi connectivity index (χ0) is 17.4. The minimum absolute atomic E-state index is 0.0550. The number of ether oxygens (including phenoxy) is 1. The molecule has 0 aliphatic heterocycles. The van der Waals surface area contributed by atoms with Crippen molar-refractivity contribution in [3.05, 3.63) is 47.5 Å². The Labute approximate surface area is 143 Å². The maximum Gasteiger partial charge on any atom is 0.334 e. The number of esters is 1. The molecular formula is C20H23NO3. The van der Waals surface area contributed by atoms with E-state index in [0.29, 0.717) is 18.4 Å². The number of benzene rings is 1. The van der Waals surface area contributed by atoms with Crippen LogP contribution in [-0.2, 0) is 20.9 Å². The second kappa shape index (κ2) is 8.44. The van der Waals surface area contributed by atoms with E-state index < -0.39 is 11.4 Å². The molecule has 4 nitrogen and oxygen atoms in total. The fraction of sp³-hybridized carbons (Fsp3) is 0.450. The normalized spacial score (nSPS) is 19.4. The van der Waals surface area contributed by atoms with Crippen LogP contribution in [0.25, 0.3) is 0 Å². The Bertz CT molecular complexity index is 657. The lowest BCUT2D eigenvalue weighted by Crippen LogP contribution is -2.27. The lowest BCUT2D eigenvalue weighted by molar-refractivity contribution is -0.140. The van der Waals surface area contributed by atoms with Crippen LogP contribution < -0.4 is 0 Å². The summed E-state index contributed by atoms with van der Waals surface area (Å²) in [5, 5.41) is 9.49. The summed E-state index contributed by atoms with van der Waals surface area (Å²) >= 11 is 0. The van der Waals surface area contributed by atoms with Crippen molar-refractivity contribution < 1.29 is 14.3 Å². The molecule has 0 spiro atoms. The highest BCUT2D eigenvalue weighted by molar-refractivity contribution is 5.95. The molecule has 0 radical (unpaired) electrons. The van der Waals surface area contributed by atoms with Crippen LogP contribution in [0.1, 0.15) is 51.0 Å². The van der Waals surface area contributed by atoms with E-state index in [4.69, 9.17) is 4.74 Å². The van der Waals surface area contributed by atoms with Gasteiger partial charge in [0, 0.05) is 18.4 Å².